The molecule has 2 aliphatic heterocycles. The van der Waals surface area contributed by atoms with E-state index in [1.807, 2.05) is 30.3 Å². The number of carbonyl (C=O) groups excluding carboxylic acids is 1. The van der Waals surface area contributed by atoms with E-state index < -0.39 is 0 Å². The molecule has 4 rings (SSSR count). The van der Waals surface area contributed by atoms with Crippen LogP contribution in [0, 0.1) is 5.92 Å². The van der Waals surface area contributed by atoms with Gasteiger partial charge in [0.25, 0.3) is 11.5 Å². The second-order valence-corrected chi connectivity index (χ2v) is 7.04. The monoisotopic (exact) mass is 378 g/mol. The van der Waals surface area contributed by atoms with E-state index in [9.17, 15) is 9.59 Å². The number of carbonyl (C=O) groups is 1. The van der Waals surface area contributed by atoms with Crippen molar-refractivity contribution in [3.05, 3.63) is 70.4 Å². The van der Waals surface area contributed by atoms with Crippen LogP contribution in [0.5, 0.6) is 5.75 Å². The number of hydrogen-bond acceptors (Lipinski definition) is 5. The van der Waals surface area contributed by atoms with Crippen LogP contribution in [-0.2, 0) is 11.8 Å². The van der Waals surface area contributed by atoms with E-state index in [1.165, 1.54) is 10.9 Å². The molecule has 1 atom stereocenters. The largest absolute Gasteiger partial charge is 0.464 e. The highest BCUT2D eigenvalue weighted by atomic mass is 16.5. The normalized spacial score (nSPS) is 18.1. The summed E-state index contributed by atoms with van der Waals surface area (Å²) in [6.07, 6.45) is 7.72. The van der Waals surface area contributed by atoms with Crippen LogP contribution in [0.3, 0.4) is 0 Å². The number of amides is 1. The predicted octanol–water partition coefficient (Wildman–Crippen LogP) is 1.71. The van der Waals surface area contributed by atoms with Gasteiger partial charge in [0.05, 0.1) is 18.1 Å². The molecule has 1 fully saturated rings. The van der Waals surface area contributed by atoms with Gasteiger partial charge in [0, 0.05) is 43.9 Å². The first-order valence-corrected chi connectivity index (χ1v) is 9.30. The first kappa shape index (κ1) is 18.0. The van der Waals surface area contributed by atoms with Gasteiger partial charge in [-0.3, -0.25) is 9.59 Å². The molecular formula is C21H22N4O3. The summed E-state index contributed by atoms with van der Waals surface area (Å²) < 4.78 is 6.85. The molecule has 0 bridgehead atoms. The van der Waals surface area contributed by atoms with Gasteiger partial charge in [-0.05, 0) is 30.6 Å². The van der Waals surface area contributed by atoms with Crippen molar-refractivity contribution in [1.82, 2.24) is 15.1 Å². The minimum atomic E-state index is -0.121. The van der Waals surface area contributed by atoms with Gasteiger partial charge in [-0.15, -0.1) is 0 Å². The zero-order chi connectivity index (χ0) is 19.5. The quantitative estimate of drug-likeness (QED) is 0.877. The summed E-state index contributed by atoms with van der Waals surface area (Å²) in [6, 6.07) is 9.21. The molecule has 0 aliphatic carbocycles. The molecule has 7 nitrogen and oxygen atoms in total. The summed E-state index contributed by atoms with van der Waals surface area (Å²) in [4.78, 5) is 26.5. The lowest BCUT2D eigenvalue weighted by molar-refractivity contribution is -0.117. The van der Waals surface area contributed by atoms with E-state index in [2.05, 4.69) is 15.3 Å². The number of para-hydroxylation sites is 1. The van der Waals surface area contributed by atoms with E-state index in [0.717, 1.165) is 36.5 Å². The highest BCUT2D eigenvalue weighted by Gasteiger charge is 2.24. The zero-order valence-corrected chi connectivity index (χ0v) is 15.7. The second kappa shape index (κ2) is 7.72. The van der Waals surface area contributed by atoms with Crippen LogP contribution in [-0.4, -0.2) is 35.3 Å². The summed E-state index contributed by atoms with van der Waals surface area (Å²) in [5.41, 5.74) is 2.15. The van der Waals surface area contributed by atoms with Crippen LogP contribution < -0.4 is 20.5 Å². The fourth-order valence-corrected chi connectivity index (χ4v) is 3.45. The Labute approximate surface area is 162 Å². The lowest BCUT2D eigenvalue weighted by atomic mass is 10.1. The number of benzene rings is 1. The number of aryl methyl sites for hydroxylation is 1. The highest BCUT2D eigenvalue weighted by Crippen LogP contribution is 2.25. The fraction of sp³-hybridized carbons (Fsp3) is 0.286. The SMILES string of the molecule is Cn1ncc(N2CC[C@H](CNC(=O)C3=Cc4ccccc4OC=C3)C2)cc1=O. The molecule has 0 saturated carbocycles. The van der Waals surface area contributed by atoms with Gasteiger partial charge in [0.1, 0.15) is 5.75 Å². The molecular weight excluding hydrogens is 356 g/mol. The molecule has 2 aromatic rings. The van der Waals surface area contributed by atoms with Gasteiger partial charge < -0.3 is 15.0 Å². The topological polar surface area (TPSA) is 76.5 Å². The molecule has 1 saturated heterocycles. The van der Waals surface area contributed by atoms with Crippen molar-refractivity contribution in [2.45, 2.75) is 6.42 Å². The van der Waals surface area contributed by atoms with E-state index in [-0.39, 0.29) is 11.5 Å². The molecule has 1 aromatic heterocycles. The summed E-state index contributed by atoms with van der Waals surface area (Å²) in [5.74, 6) is 0.938. The first-order valence-electron chi connectivity index (χ1n) is 9.30. The molecule has 0 unspecified atom stereocenters. The van der Waals surface area contributed by atoms with Gasteiger partial charge in [-0.2, -0.15) is 5.10 Å². The molecule has 2 aliphatic rings. The van der Waals surface area contributed by atoms with Gasteiger partial charge in [-0.1, -0.05) is 18.2 Å². The Bertz CT molecular complexity index is 1010. The summed E-state index contributed by atoms with van der Waals surface area (Å²) in [6.45, 7) is 2.22. The Morgan fingerprint density at radius 1 is 1.36 bits per heavy atom. The average molecular weight is 378 g/mol. The number of rotatable bonds is 4. The lowest BCUT2D eigenvalue weighted by Crippen LogP contribution is -2.32. The average Bonchev–Trinajstić information content (AvgIpc) is 3.06. The van der Waals surface area contributed by atoms with Gasteiger partial charge in [-0.25, -0.2) is 4.68 Å². The van der Waals surface area contributed by atoms with Crippen LogP contribution in [0.2, 0.25) is 0 Å². The van der Waals surface area contributed by atoms with Crippen molar-refractivity contribution >= 4 is 17.7 Å². The van der Waals surface area contributed by atoms with E-state index in [4.69, 9.17) is 4.74 Å². The van der Waals surface area contributed by atoms with Crippen LogP contribution in [0.25, 0.3) is 6.08 Å². The Hall–Kier alpha value is -3.35. The summed E-state index contributed by atoms with van der Waals surface area (Å²) in [5, 5.41) is 7.10. The van der Waals surface area contributed by atoms with E-state index in [0.29, 0.717) is 18.0 Å². The molecule has 0 radical (unpaired) electrons. The van der Waals surface area contributed by atoms with Crippen LogP contribution >= 0.6 is 0 Å². The summed E-state index contributed by atoms with van der Waals surface area (Å²) in [7, 11) is 1.63. The van der Waals surface area contributed by atoms with Crippen LogP contribution in [0.15, 0.2) is 59.2 Å². The predicted molar refractivity (Wildman–Crippen MR) is 107 cm³/mol. The zero-order valence-electron chi connectivity index (χ0n) is 15.7. The maximum Gasteiger partial charge on any atom is 0.268 e. The van der Waals surface area contributed by atoms with Gasteiger partial charge in [0.15, 0.2) is 0 Å². The Morgan fingerprint density at radius 3 is 3.07 bits per heavy atom. The molecule has 1 aromatic carbocycles. The van der Waals surface area contributed by atoms with Gasteiger partial charge >= 0.3 is 0 Å². The molecule has 1 N–H and O–H groups in total. The van der Waals surface area contributed by atoms with Crippen molar-refractivity contribution in [2.75, 3.05) is 24.5 Å². The number of nitrogens with zero attached hydrogens (tertiary/aromatic N) is 3. The van der Waals surface area contributed by atoms with Gasteiger partial charge in [0.2, 0.25) is 0 Å². The van der Waals surface area contributed by atoms with E-state index in [1.54, 1.807) is 25.4 Å². The summed E-state index contributed by atoms with van der Waals surface area (Å²) >= 11 is 0. The maximum absolute atomic E-state index is 12.6. The third-order valence-electron chi connectivity index (χ3n) is 5.09. The molecule has 28 heavy (non-hydrogen) atoms. The fourth-order valence-electron chi connectivity index (χ4n) is 3.45. The van der Waals surface area contributed by atoms with Crippen molar-refractivity contribution in [3.63, 3.8) is 0 Å². The molecule has 144 valence electrons. The van der Waals surface area contributed by atoms with Crippen molar-refractivity contribution in [2.24, 2.45) is 13.0 Å². The highest BCUT2D eigenvalue weighted by molar-refractivity contribution is 6.01. The van der Waals surface area contributed by atoms with Crippen molar-refractivity contribution in [1.29, 1.82) is 0 Å². The number of aromatic nitrogens is 2. The smallest absolute Gasteiger partial charge is 0.268 e. The van der Waals surface area contributed by atoms with Crippen molar-refractivity contribution < 1.29 is 9.53 Å². The third-order valence-corrected chi connectivity index (χ3v) is 5.09. The number of fused-ring (bicyclic) bond motifs is 1. The molecule has 3 heterocycles. The molecule has 7 heteroatoms. The number of anilines is 1. The Morgan fingerprint density at radius 2 is 2.21 bits per heavy atom. The van der Waals surface area contributed by atoms with Crippen LogP contribution in [0.4, 0.5) is 5.69 Å². The Kier molecular flexibility index (Phi) is 4.97. The minimum Gasteiger partial charge on any atom is -0.464 e. The molecule has 1 amide bonds. The Balaban J connectivity index is 1.36. The number of nitrogens with one attached hydrogen (secondary N) is 1. The number of ether oxygens (including phenoxy) is 1. The third kappa shape index (κ3) is 3.83. The minimum absolute atomic E-state index is 0.120. The maximum atomic E-state index is 12.6. The van der Waals surface area contributed by atoms with Crippen molar-refractivity contribution in [3.8, 4) is 5.75 Å². The van der Waals surface area contributed by atoms with Crippen LogP contribution in [0.1, 0.15) is 12.0 Å². The standard InChI is InChI=1S/C21H22N4O3/c1-24-20(26)11-18(13-23-24)25-8-6-15(14-25)12-22-21(27)17-7-9-28-19-5-3-2-4-16(19)10-17/h2-5,7,9-11,13,15H,6,8,12,14H2,1H3,(H,22,27)/t15-/m1/s1. The second-order valence-electron chi connectivity index (χ2n) is 7.04. The van der Waals surface area contributed by atoms with E-state index >= 15 is 0 Å². The molecule has 0 spiro atoms. The lowest BCUT2D eigenvalue weighted by Gasteiger charge is -2.18. The number of hydrogen-bond donors (Lipinski definition) is 1. The first-order chi connectivity index (χ1) is 13.6.